The van der Waals surface area contributed by atoms with Crippen LogP contribution in [-0.2, 0) is 11.3 Å². The summed E-state index contributed by atoms with van der Waals surface area (Å²) >= 11 is 6.08. The van der Waals surface area contributed by atoms with Crippen molar-refractivity contribution >= 4 is 35.1 Å². The Hall–Kier alpha value is -3.19. The first-order valence-corrected chi connectivity index (χ1v) is 11.7. The normalized spacial score (nSPS) is 21.5. The van der Waals surface area contributed by atoms with Crippen LogP contribution in [0.25, 0.3) is 5.65 Å². The second-order valence-electron chi connectivity index (χ2n) is 8.99. The van der Waals surface area contributed by atoms with E-state index in [2.05, 4.69) is 43.1 Å². The van der Waals surface area contributed by atoms with Crippen LogP contribution in [0.1, 0.15) is 54.8 Å². The molecule has 3 aromatic rings. The van der Waals surface area contributed by atoms with Gasteiger partial charge in [0.25, 0.3) is 0 Å². The number of hydrogen-bond acceptors (Lipinski definition) is 5. The maximum atomic E-state index is 12.7. The maximum Gasteiger partial charge on any atom is 0.224 e. The van der Waals surface area contributed by atoms with E-state index in [-0.39, 0.29) is 23.8 Å². The highest BCUT2D eigenvalue weighted by molar-refractivity contribution is 6.33. The van der Waals surface area contributed by atoms with Crippen LogP contribution in [-0.4, -0.2) is 33.3 Å². The quantitative estimate of drug-likeness (QED) is 0.300. The summed E-state index contributed by atoms with van der Waals surface area (Å²) in [6.45, 7) is 2.27. The van der Waals surface area contributed by atoms with Gasteiger partial charge in [0.05, 0.1) is 24.0 Å². The van der Waals surface area contributed by atoms with Crippen LogP contribution < -0.4 is 11.2 Å². The largest absolute Gasteiger partial charge is 0.348 e. The third-order valence-corrected chi connectivity index (χ3v) is 6.64. The minimum atomic E-state index is -0.339. The summed E-state index contributed by atoms with van der Waals surface area (Å²) in [7, 11) is 0. The molecule has 1 aromatic carbocycles. The molecule has 0 radical (unpaired) electrons. The Labute approximate surface area is 197 Å². The molecule has 5 rings (SSSR count). The van der Waals surface area contributed by atoms with Gasteiger partial charge in [0.2, 0.25) is 5.91 Å². The van der Waals surface area contributed by atoms with Crippen LogP contribution in [0.2, 0.25) is 5.02 Å². The molecule has 0 saturated heterocycles. The van der Waals surface area contributed by atoms with E-state index in [1.165, 1.54) is 18.4 Å². The lowest BCUT2D eigenvalue weighted by molar-refractivity contribution is -0.122. The van der Waals surface area contributed by atoms with Gasteiger partial charge in [-0.15, -0.1) is 0 Å². The van der Waals surface area contributed by atoms with Gasteiger partial charge in [-0.2, -0.15) is 5.10 Å². The molecular weight excluding hydrogens is 436 g/mol. The second kappa shape index (κ2) is 8.98. The van der Waals surface area contributed by atoms with Crippen molar-refractivity contribution in [3.05, 3.63) is 70.6 Å². The molecule has 7 nitrogen and oxygen atoms in total. The van der Waals surface area contributed by atoms with Crippen molar-refractivity contribution in [2.24, 2.45) is 21.9 Å². The van der Waals surface area contributed by atoms with Crippen molar-refractivity contribution in [3.8, 4) is 0 Å². The molecule has 2 heterocycles. The van der Waals surface area contributed by atoms with Gasteiger partial charge < -0.3 is 15.6 Å². The Morgan fingerprint density at radius 2 is 2.15 bits per heavy atom. The van der Waals surface area contributed by atoms with Gasteiger partial charge in [-0.1, -0.05) is 29.8 Å². The average molecular weight is 463 g/mol. The lowest BCUT2D eigenvalue weighted by Crippen LogP contribution is -2.40. The Balaban J connectivity index is 1.16. The lowest BCUT2D eigenvalue weighted by atomic mass is 10.1. The molecule has 170 valence electrons. The zero-order valence-corrected chi connectivity index (χ0v) is 19.2. The first-order valence-electron chi connectivity index (χ1n) is 11.3. The molecule has 0 spiro atoms. The standard InChI is InChI=1S/C25H27ClN6O/c1-15(29-25(33)22-10-21(22)17-3-2-4-19(26)9-17)23(31-27)12-28-11-20-14-32-13-18(16-5-6-16)7-8-24(32)30-20/h2-4,7-9,12-16,21-22H,5-6,10-11,27H2,1H3,(H,29,33)/t15?,21-,22+/m1/s1. The number of rotatable bonds is 8. The lowest BCUT2D eigenvalue weighted by Gasteiger charge is -2.13. The first kappa shape index (κ1) is 21.6. The molecule has 33 heavy (non-hydrogen) atoms. The Kier molecular flexibility index (Phi) is 5.89. The predicted octanol–water partition coefficient (Wildman–Crippen LogP) is 4.06. The fraction of sp³-hybridized carbons (Fsp3) is 0.360. The third kappa shape index (κ3) is 4.93. The second-order valence-corrected chi connectivity index (χ2v) is 9.43. The van der Waals surface area contributed by atoms with Gasteiger partial charge in [0, 0.05) is 29.5 Å². The molecule has 3 N–H and O–H groups in total. The maximum absolute atomic E-state index is 12.7. The number of aromatic nitrogens is 2. The van der Waals surface area contributed by atoms with E-state index >= 15 is 0 Å². The van der Waals surface area contributed by atoms with Gasteiger partial charge in [-0.05, 0) is 67.3 Å². The van der Waals surface area contributed by atoms with Gasteiger partial charge in [-0.3, -0.25) is 9.79 Å². The number of hydrogen-bond donors (Lipinski definition) is 2. The average Bonchev–Trinajstić information content (AvgIpc) is 3.72. The number of imidazole rings is 1. The number of hydrazone groups is 1. The van der Waals surface area contributed by atoms with E-state index in [0.29, 0.717) is 23.2 Å². The van der Waals surface area contributed by atoms with E-state index in [1.54, 1.807) is 6.21 Å². The number of carbonyl (C=O) groups is 1. The number of nitrogens with zero attached hydrogens (tertiary/aromatic N) is 4. The summed E-state index contributed by atoms with van der Waals surface area (Å²) in [5, 5.41) is 7.53. The molecule has 1 amide bonds. The molecule has 2 fully saturated rings. The SMILES string of the molecule is CC(NC(=O)[C@H]1C[C@@H]1c1cccc(Cl)c1)C(C=NCc1cn2cc(C3CC3)ccc2n1)=NN. The number of carbonyl (C=O) groups excluding carboxylic acids is 1. The highest BCUT2D eigenvalue weighted by atomic mass is 35.5. The van der Waals surface area contributed by atoms with Crippen LogP contribution in [0.3, 0.4) is 0 Å². The van der Waals surface area contributed by atoms with Crippen molar-refractivity contribution in [2.75, 3.05) is 0 Å². The topological polar surface area (TPSA) is 97.1 Å². The van der Waals surface area contributed by atoms with Crippen LogP contribution in [0.4, 0.5) is 0 Å². The fourth-order valence-corrected chi connectivity index (χ4v) is 4.47. The molecule has 2 aliphatic carbocycles. The molecule has 8 heteroatoms. The van der Waals surface area contributed by atoms with Crippen molar-refractivity contribution in [1.82, 2.24) is 14.7 Å². The molecule has 0 aliphatic heterocycles. The van der Waals surface area contributed by atoms with E-state index in [9.17, 15) is 4.79 Å². The Bertz CT molecular complexity index is 1240. The molecule has 2 saturated carbocycles. The summed E-state index contributed by atoms with van der Waals surface area (Å²) in [5.74, 6) is 6.43. The van der Waals surface area contributed by atoms with Crippen molar-refractivity contribution in [1.29, 1.82) is 0 Å². The Morgan fingerprint density at radius 1 is 1.30 bits per heavy atom. The van der Waals surface area contributed by atoms with Crippen molar-refractivity contribution in [3.63, 3.8) is 0 Å². The van der Waals surface area contributed by atoms with Gasteiger partial charge in [0.15, 0.2) is 0 Å². The van der Waals surface area contributed by atoms with Crippen LogP contribution in [0.5, 0.6) is 0 Å². The highest BCUT2D eigenvalue weighted by Crippen LogP contribution is 2.48. The van der Waals surface area contributed by atoms with E-state index < -0.39 is 0 Å². The van der Waals surface area contributed by atoms with Crippen LogP contribution in [0, 0.1) is 5.92 Å². The zero-order valence-electron chi connectivity index (χ0n) is 18.5. The van der Waals surface area contributed by atoms with Crippen LogP contribution >= 0.6 is 11.6 Å². The van der Waals surface area contributed by atoms with E-state index in [4.69, 9.17) is 17.4 Å². The Morgan fingerprint density at radius 3 is 2.91 bits per heavy atom. The van der Waals surface area contributed by atoms with E-state index in [1.807, 2.05) is 37.4 Å². The predicted molar refractivity (Wildman–Crippen MR) is 131 cm³/mol. The smallest absolute Gasteiger partial charge is 0.224 e. The number of aliphatic imine (C=N–C) groups is 1. The molecule has 2 aromatic heterocycles. The summed E-state index contributed by atoms with van der Waals surface area (Å²) in [4.78, 5) is 21.8. The first-order chi connectivity index (χ1) is 16.0. The van der Waals surface area contributed by atoms with Gasteiger partial charge >= 0.3 is 0 Å². The molecular formula is C25H27ClN6O. The number of benzene rings is 1. The van der Waals surface area contributed by atoms with Crippen molar-refractivity contribution in [2.45, 2.75) is 50.6 Å². The third-order valence-electron chi connectivity index (χ3n) is 6.40. The van der Waals surface area contributed by atoms with Gasteiger partial charge in [0.1, 0.15) is 5.65 Å². The van der Waals surface area contributed by atoms with E-state index in [0.717, 1.165) is 23.3 Å². The van der Waals surface area contributed by atoms with Crippen LogP contribution in [0.15, 0.2) is 58.9 Å². The number of nitrogens with two attached hydrogens (primary N) is 1. The highest BCUT2D eigenvalue weighted by Gasteiger charge is 2.44. The summed E-state index contributed by atoms with van der Waals surface area (Å²) in [6.07, 6.45) is 9.15. The molecule has 1 unspecified atom stereocenters. The minimum absolute atomic E-state index is 0.00570. The monoisotopic (exact) mass is 462 g/mol. The summed E-state index contributed by atoms with van der Waals surface area (Å²) in [6, 6.07) is 11.6. The molecule has 2 aliphatic rings. The summed E-state index contributed by atoms with van der Waals surface area (Å²) < 4.78 is 2.06. The fourth-order valence-electron chi connectivity index (χ4n) is 4.27. The number of fused-ring (bicyclic) bond motifs is 1. The number of pyridine rings is 1. The summed E-state index contributed by atoms with van der Waals surface area (Å²) in [5.41, 5.74) is 4.76. The number of nitrogens with one attached hydrogen (secondary N) is 1. The van der Waals surface area contributed by atoms with Crippen molar-refractivity contribution < 1.29 is 4.79 Å². The molecule has 0 bridgehead atoms. The zero-order chi connectivity index (χ0) is 22.9. The molecule has 3 atom stereocenters. The number of halogens is 1. The minimum Gasteiger partial charge on any atom is -0.348 e. The van der Waals surface area contributed by atoms with Gasteiger partial charge in [-0.25, -0.2) is 4.98 Å². The number of amides is 1.